The lowest BCUT2D eigenvalue weighted by atomic mass is 9.99. The molecule has 404 valence electrons. The van der Waals surface area contributed by atoms with E-state index >= 15 is 0 Å². The van der Waals surface area contributed by atoms with E-state index in [9.17, 15) is 14.4 Å². The molecular formula is C62H120O6. The van der Waals surface area contributed by atoms with Crippen molar-refractivity contribution in [1.82, 2.24) is 0 Å². The molecule has 0 saturated carbocycles. The van der Waals surface area contributed by atoms with Gasteiger partial charge >= 0.3 is 17.9 Å². The minimum atomic E-state index is -0.764. The number of rotatable bonds is 55. The summed E-state index contributed by atoms with van der Waals surface area (Å²) in [6, 6.07) is 0. The van der Waals surface area contributed by atoms with E-state index in [0.717, 1.165) is 75.5 Å². The second-order valence-electron chi connectivity index (χ2n) is 22.3. The molecule has 0 heterocycles. The molecule has 0 aliphatic rings. The van der Waals surface area contributed by atoms with E-state index in [2.05, 4.69) is 41.5 Å². The van der Waals surface area contributed by atoms with Crippen molar-refractivity contribution in [2.75, 3.05) is 13.2 Å². The molecule has 6 heteroatoms. The predicted molar refractivity (Wildman–Crippen MR) is 293 cm³/mol. The van der Waals surface area contributed by atoms with E-state index in [1.807, 2.05) is 0 Å². The lowest BCUT2D eigenvalue weighted by Crippen LogP contribution is -2.30. The molecule has 0 fully saturated rings. The van der Waals surface area contributed by atoms with Crippen LogP contribution in [0.2, 0.25) is 0 Å². The third kappa shape index (κ3) is 52.2. The normalized spacial score (nSPS) is 12.9. The Balaban J connectivity index is 4.25. The molecule has 3 atom stereocenters. The molecule has 0 aromatic carbocycles. The first-order chi connectivity index (χ1) is 33.2. The van der Waals surface area contributed by atoms with Gasteiger partial charge in [-0.1, -0.05) is 305 Å². The number of carbonyl (C=O) groups is 3. The zero-order valence-electron chi connectivity index (χ0n) is 46.9. The van der Waals surface area contributed by atoms with Gasteiger partial charge in [-0.2, -0.15) is 0 Å². The van der Waals surface area contributed by atoms with Crippen LogP contribution in [-0.2, 0) is 28.6 Å². The molecule has 0 amide bonds. The number of unbranched alkanes of at least 4 members (excludes halogenated alkanes) is 36. The van der Waals surface area contributed by atoms with Crippen molar-refractivity contribution in [1.29, 1.82) is 0 Å². The Hall–Kier alpha value is -1.59. The topological polar surface area (TPSA) is 78.9 Å². The van der Waals surface area contributed by atoms with Gasteiger partial charge in [-0.15, -0.1) is 0 Å². The lowest BCUT2D eigenvalue weighted by Gasteiger charge is -2.18. The average molecular weight is 962 g/mol. The molecule has 0 rings (SSSR count). The number of carbonyl (C=O) groups excluding carboxylic acids is 3. The van der Waals surface area contributed by atoms with Crippen LogP contribution in [0.4, 0.5) is 0 Å². The summed E-state index contributed by atoms with van der Waals surface area (Å²) in [6.07, 6.45) is 56.6. The second-order valence-corrected chi connectivity index (χ2v) is 22.3. The first kappa shape index (κ1) is 66.4. The van der Waals surface area contributed by atoms with Crippen molar-refractivity contribution >= 4 is 17.9 Å². The summed E-state index contributed by atoms with van der Waals surface area (Å²) in [5.41, 5.74) is 0. The standard InChI is InChI=1S/C62H120O6/c1-7-57(5)49-43-37-31-25-19-15-13-11-9-10-12-14-16-20-27-33-39-45-51-60(63)66-54-59(68-62(65)53-47-41-35-29-21-17-18-24-30-36-42-48-56(3)4)55-67-61(64)52-46-40-34-28-23-22-26-32-38-44-50-58(6)8-2/h56-59H,7-55H2,1-6H3/t57?,58?,59-/m1/s1. The fourth-order valence-corrected chi connectivity index (χ4v) is 9.47. The quantitative estimate of drug-likeness (QED) is 0.0343. The van der Waals surface area contributed by atoms with Gasteiger partial charge in [0.15, 0.2) is 6.10 Å². The molecule has 0 aliphatic carbocycles. The van der Waals surface area contributed by atoms with Gasteiger partial charge in [-0.05, 0) is 37.0 Å². The Labute approximate surface area is 425 Å². The summed E-state index contributed by atoms with van der Waals surface area (Å²) >= 11 is 0. The summed E-state index contributed by atoms with van der Waals surface area (Å²) in [6.45, 7) is 13.8. The van der Waals surface area contributed by atoms with Crippen molar-refractivity contribution in [3.63, 3.8) is 0 Å². The summed E-state index contributed by atoms with van der Waals surface area (Å²) in [5, 5.41) is 0. The zero-order chi connectivity index (χ0) is 49.8. The Morgan fingerprint density at radius 3 is 0.765 bits per heavy atom. The largest absolute Gasteiger partial charge is 0.462 e. The van der Waals surface area contributed by atoms with E-state index in [0.29, 0.717) is 19.3 Å². The van der Waals surface area contributed by atoms with Crippen LogP contribution in [0.5, 0.6) is 0 Å². The molecular weight excluding hydrogens is 841 g/mol. The molecule has 68 heavy (non-hydrogen) atoms. The Bertz CT molecular complexity index is 1060. The summed E-state index contributed by atoms with van der Waals surface area (Å²) in [7, 11) is 0. The number of esters is 3. The molecule has 0 aromatic rings. The molecule has 0 radical (unpaired) electrons. The van der Waals surface area contributed by atoms with Crippen LogP contribution >= 0.6 is 0 Å². The highest BCUT2D eigenvalue weighted by atomic mass is 16.6. The van der Waals surface area contributed by atoms with Gasteiger partial charge in [0.2, 0.25) is 0 Å². The van der Waals surface area contributed by atoms with Crippen LogP contribution in [0.3, 0.4) is 0 Å². The molecule has 0 N–H and O–H groups in total. The third-order valence-electron chi connectivity index (χ3n) is 14.9. The van der Waals surface area contributed by atoms with E-state index in [1.54, 1.807) is 0 Å². The van der Waals surface area contributed by atoms with Crippen molar-refractivity contribution < 1.29 is 28.6 Å². The van der Waals surface area contributed by atoms with Crippen LogP contribution in [0.25, 0.3) is 0 Å². The van der Waals surface area contributed by atoms with Crippen molar-refractivity contribution in [2.24, 2.45) is 17.8 Å². The van der Waals surface area contributed by atoms with E-state index in [1.165, 1.54) is 225 Å². The third-order valence-corrected chi connectivity index (χ3v) is 14.9. The summed E-state index contributed by atoms with van der Waals surface area (Å²) < 4.78 is 16.9. The lowest BCUT2D eigenvalue weighted by molar-refractivity contribution is -0.167. The molecule has 0 aromatic heterocycles. The number of ether oxygens (including phenoxy) is 3. The zero-order valence-corrected chi connectivity index (χ0v) is 46.9. The SMILES string of the molecule is CCC(C)CCCCCCCCCCCCCCCCCCCCC(=O)OC[C@H](COC(=O)CCCCCCCCCCCCC(C)CC)OC(=O)CCCCCCCCCCCCCC(C)C. The molecule has 0 bridgehead atoms. The van der Waals surface area contributed by atoms with Crippen LogP contribution in [0.1, 0.15) is 343 Å². The van der Waals surface area contributed by atoms with Crippen molar-refractivity contribution in [3.8, 4) is 0 Å². The predicted octanol–water partition coefficient (Wildman–Crippen LogP) is 20.3. The fourth-order valence-electron chi connectivity index (χ4n) is 9.47. The van der Waals surface area contributed by atoms with Crippen molar-refractivity contribution in [2.45, 2.75) is 349 Å². The van der Waals surface area contributed by atoms with Gasteiger partial charge in [-0.3, -0.25) is 14.4 Å². The van der Waals surface area contributed by atoms with E-state index in [4.69, 9.17) is 14.2 Å². The van der Waals surface area contributed by atoms with Crippen LogP contribution in [0, 0.1) is 17.8 Å². The van der Waals surface area contributed by atoms with Gasteiger partial charge in [0.25, 0.3) is 0 Å². The molecule has 0 spiro atoms. The van der Waals surface area contributed by atoms with Crippen molar-refractivity contribution in [3.05, 3.63) is 0 Å². The minimum Gasteiger partial charge on any atom is -0.462 e. The van der Waals surface area contributed by atoms with Crippen LogP contribution in [0.15, 0.2) is 0 Å². The molecule has 0 saturated heterocycles. The maximum Gasteiger partial charge on any atom is 0.306 e. The maximum atomic E-state index is 12.9. The number of hydrogen-bond acceptors (Lipinski definition) is 6. The van der Waals surface area contributed by atoms with E-state index in [-0.39, 0.29) is 31.1 Å². The molecule has 6 nitrogen and oxygen atoms in total. The summed E-state index contributed by atoms with van der Waals surface area (Å²) in [5.74, 6) is 1.76. The van der Waals surface area contributed by atoms with Gasteiger partial charge in [0, 0.05) is 19.3 Å². The Kier molecular flexibility index (Phi) is 52.0. The van der Waals surface area contributed by atoms with Crippen LogP contribution in [-0.4, -0.2) is 37.2 Å². The van der Waals surface area contributed by atoms with Gasteiger partial charge < -0.3 is 14.2 Å². The highest BCUT2D eigenvalue weighted by Crippen LogP contribution is 2.19. The Morgan fingerprint density at radius 1 is 0.294 bits per heavy atom. The monoisotopic (exact) mass is 961 g/mol. The average Bonchev–Trinajstić information content (AvgIpc) is 3.33. The van der Waals surface area contributed by atoms with E-state index < -0.39 is 6.10 Å². The van der Waals surface area contributed by atoms with Gasteiger partial charge in [0.1, 0.15) is 13.2 Å². The first-order valence-corrected chi connectivity index (χ1v) is 30.7. The maximum absolute atomic E-state index is 12.9. The molecule has 2 unspecified atom stereocenters. The number of hydrogen-bond donors (Lipinski definition) is 0. The highest BCUT2D eigenvalue weighted by Gasteiger charge is 2.19. The highest BCUT2D eigenvalue weighted by molar-refractivity contribution is 5.71. The molecule has 0 aliphatic heterocycles. The second kappa shape index (κ2) is 53.2. The smallest absolute Gasteiger partial charge is 0.306 e. The first-order valence-electron chi connectivity index (χ1n) is 30.7. The minimum absolute atomic E-state index is 0.0633. The Morgan fingerprint density at radius 2 is 0.515 bits per heavy atom. The van der Waals surface area contributed by atoms with Gasteiger partial charge in [-0.25, -0.2) is 0 Å². The summed E-state index contributed by atoms with van der Waals surface area (Å²) in [4.78, 5) is 38.2. The fraction of sp³-hybridized carbons (Fsp3) is 0.952. The van der Waals surface area contributed by atoms with Crippen LogP contribution < -0.4 is 0 Å². The van der Waals surface area contributed by atoms with Gasteiger partial charge in [0.05, 0.1) is 0 Å².